The molecule has 0 heterocycles. The predicted octanol–water partition coefficient (Wildman–Crippen LogP) is 4.74. The van der Waals surface area contributed by atoms with Crippen LogP contribution in [-0.4, -0.2) is 17.2 Å². The van der Waals surface area contributed by atoms with Crippen LogP contribution in [0.2, 0.25) is 0 Å². The van der Waals surface area contributed by atoms with Crippen molar-refractivity contribution in [2.24, 2.45) is 16.1 Å². The number of carbonyl (C=O) groups excluding carboxylic acids is 1. The van der Waals surface area contributed by atoms with Crippen molar-refractivity contribution >= 4 is 17.2 Å². The fraction of sp³-hybridized carbons (Fsp3) is 0.500. The molecule has 0 aliphatic rings. The first-order chi connectivity index (χ1) is 10.9. The Kier molecular flexibility index (Phi) is 7.72. The predicted molar refractivity (Wildman–Crippen MR) is 90.0 cm³/mol. The van der Waals surface area contributed by atoms with Gasteiger partial charge in [0.1, 0.15) is 5.71 Å². The molecule has 1 aromatic rings. The van der Waals surface area contributed by atoms with E-state index in [9.17, 15) is 13.6 Å². The molecule has 0 saturated heterocycles. The van der Waals surface area contributed by atoms with E-state index in [4.69, 9.17) is 0 Å². The van der Waals surface area contributed by atoms with Gasteiger partial charge in [0, 0.05) is 18.1 Å². The molecule has 1 rings (SSSR count). The molecular formula is C18H24F2N2O. The molecule has 0 aliphatic carbocycles. The molecule has 0 N–H and O–H groups in total. The monoisotopic (exact) mass is 322 g/mol. The van der Waals surface area contributed by atoms with Crippen LogP contribution in [0.15, 0.2) is 28.4 Å². The number of rotatable bonds is 8. The van der Waals surface area contributed by atoms with Crippen LogP contribution in [0.5, 0.6) is 0 Å². The van der Waals surface area contributed by atoms with E-state index < -0.39 is 11.6 Å². The SMILES string of the molecule is CCC/C(Cc1cccc(F)c1F)=N\N=C(/C)C(=O)C(C)CC. The smallest absolute Gasteiger partial charge is 0.181 e. The van der Waals surface area contributed by atoms with Crippen molar-refractivity contribution in [3.05, 3.63) is 35.4 Å². The average Bonchev–Trinajstić information content (AvgIpc) is 2.55. The van der Waals surface area contributed by atoms with Crippen molar-refractivity contribution in [2.45, 2.75) is 53.4 Å². The fourth-order valence-corrected chi connectivity index (χ4v) is 2.10. The molecule has 3 nitrogen and oxygen atoms in total. The van der Waals surface area contributed by atoms with Crippen molar-refractivity contribution in [1.82, 2.24) is 0 Å². The molecule has 0 aliphatic heterocycles. The molecule has 0 saturated carbocycles. The van der Waals surface area contributed by atoms with Crippen molar-refractivity contribution in [3.63, 3.8) is 0 Å². The highest BCUT2D eigenvalue weighted by atomic mass is 19.2. The van der Waals surface area contributed by atoms with Crippen LogP contribution in [0.25, 0.3) is 0 Å². The van der Waals surface area contributed by atoms with Gasteiger partial charge in [-0.2, -0.15) is 10.2 Å². The topological polar surface area (TPSA) is 41.8 Å². The van der Waals surface area contributed by atoms with E-state index in [1.165, 1.54) is 12.1 Å². The molecule has 126 valence electrons. The molecule has 1 atom stereocenters. The Labute approximate surface area is 136 Å². The van der Waals surface area contributed by atoms with E-state index in [0.717, 1.165) is 18.9 Å². The summed E-state index contributed by atoms with van der Waals surface area (Å²) in [5, 5.41) is 8.11. The summed E-state index contributed by atoms with van der Waals surface area (Å²) in [7, 11) is 0. The van der Waals surface area contributed by atoms with Crippen LogP contribution >= 0.6 is 0 Å². The maximum atomic E-state index is 13.8. The Bertz CT molecular complexity index is 609. The number of Topliss-reactive ketones (excluding diaryl/α,β-unsaturated/α-hetero) is 1. The zero-order valence-electron chi connectivity index (χ0n) is 14.2. The first kappa shape index (κ1) is 19.1. The highest BCUT2D eigenvalue weighted by Crippen LogP contribution is 2.14. The van der Waals surface area contributed by atoms with Crippen LogP contribution in [0, 0.1) is 17.6 Å². The number of hydrogen-bond acceptors (Lipinski definition) is 3. The zero-order valence-corrected chi connectivity index (χ0v) is 14.2. The lowest BCUT2D eigenvalue weighted by atomic mass is 10.0. The Hall–Kier alpha value is -1.91. The van der Waals surface area contributed by atoms with Gasteiger partial charge < -0.3 is 0 Å². The molecule has 1 aromatic carbocycles. The van der Waals surface area contributed by atoms with Crippen LogP contribution in [0.1, 0.15) is 52.5 Å². The number of hydrogen-bond donors (Lipinski definition) is 0. The van der Waals surface area contributed by atoms with Gasteiger partial charge >= 0.3 is 0 Å². The third-order valence-corrected chi connectivity index (χ3v) is 3.72. The molecule has 0 bridgehead atoms. The summed E-state index contributed by atoms with van der Waals surface area (Å²) >= 11 is 0. The third kappa shape index (κ3) is 5.66. The van der Waals surface area contributed by atoms with E-state index in [2.05, 4.69) is 10.2 Å². The van der Waals surface area contributed by atoms with E-state index >= 15 is 0 Å². The van der Waals surface area contributed by atoms with Gasteiger partial charge in [-0.05, 0) is 31.4 Å². The Balaban J connectivity index is 2.97. The maximum Gasteiger partial charge on any atom is 0.181 e. The Morgan fingerprint density at radius 1 is 1.22 bits per heavy atom. The summed E-state index contributed by atoms with van der Waals surface area (Å²) in [6.07, 6.45) is 2.35. The minimum atomic E-state index is -0.870. The summed E-state index contributed by atoms with van der Waals surface area (Å²) in [5.74, 6) is -1.86. The molecule has 0 radical (unpaired) electrons. The van der Waals surface area contributed by atoms with Gasteiger partial charge in [-0.15, -0.1) is 0 Å². The van der Waals surface area contributed by atoms with Crippen LogP contribution in [0.3, 0.4) is 0 Å². The molecule has 0 spiro atoms. The van der Waals surface area contributed by atoms with Gasteiger partial charge in [-0.3, -0.25) is 4.79 Å². The van der Waals surface area contributed by atoms with Crippen LogP contribution in [0.4, 0.5) is 8.78 Å². The molecule has 0 fully saturated rings. The summed E-state index contributed by atoms with van der Waals surface area (Å²) < 4.78 is 27.0. The first-order valence-corrected chi connectivity index (χ1v) is 7.97. The number of ketones is 1. The molecule has 5 heteroatoms. The molecule has 23 heavy (non-hydrogen) atoms. The molecular weight excluding hydrogens is 298 g/mol. The Morgan fingerprint density at radius 2 is 1.91 bits per heavy atom. The Morgan fingerprint density at radius 3 is 2.52 bits per heavy atom. The summed E-state index contributed by atoms with van der Waals surface area (Å²) in [4.78, 5) is 12.0. The van der Waals surface area contributed by atoms with Gasteiger partial charge in [0.15, 0.2) is 17.4 Å². The van der Waals surface area contributed by atoms with Gasteiger partial charge in [-0.25, -0.2) is 8.78 Å². The number of carbonyl (C=O) groups is 1. The molecule has 1 unspecified atom stereocenters. The normalized spacial score (nSPS) is 14.0. The summed E-state index contributed by atoms with van der Waals surface area (Å²) in [6, 6.07) is 4.09. The highest BCUT2D eigenvalue weighted by Gasteiger charge is 2.14. The fourth-order valence-electron chi connectivity index (χ4n) is 2.10. The van der Waals surface area contributed by atoms with E-state index in [1.54, 1.807) is 6.92 Å². The lowest BCUT2D eigenvalue weighted by Gasteiger charge is -2.07. The van der Waals surface area contributed by atoms with Crippen molar-refractivity contribution in [3.8, 4) is 0 Å². The van der Waals surface area contributed by atoms with Gasteiger partial charge in [0.2, 0.25) is 0 Å². The zero-order chi connectivity index (χ0) is 17.4. The van der Waals surface area contributed by atoms with Crippen LogP contribution < -0.4 is 0 Å². The number of benzene rings is 1. The van der Waals surface area contributed by atoms with Crippen molar-refractivity contribution < 1.29 is 13.6 Å². The van der Waals surface area contributed by atoms with Gasteiger partial charge in [-0.1, -0.05) is 39.3 Å². The largest absolute Gasteiger partial charge is 0.292 e. The molecule has 0 aromatic heterocycles. The van der Waals surface area contributed by atoms with Crippen molar-refractivity contribution in [1.29, 1.82) is 0 Å². The highest BCUT2D eigenvalue weighted by molar-refractivity contribution is 6.39. The van der Waals surface area contributed by atoms with E-state index in [-0.39, 0.29) is 23.7 Å². The summed E-state index contributed by atoms with van der Waals surface area (Å²) in [6.45, 7) is 7.39. The minimum absolute atomic E-state index is 0.0379. The second kappa shape index (κ2) is 9.28. The lowest BCUT2D eigenvalue weighted by molar-refractivity contribution is -0.116. The number of halogens is 2. The number of nitrogens with zero attached hydrogens (tertiary/aromatic N) is 2. The molecule has 0 amide bonds. The van der Waals surface area contributed by atoms with Gasteiger partial charge in [0.05, 0.1) is 0 Å². The maximum absolute atomic E-state index is 13.8. The average molecular weight is 322 g/mol. The second-order valence-corrected chi connectivity index (χ2v) is 5.66. The second-order valence-electron chi connectivity index (χ2n) is 5.66. The van der Waals surface area contributed by atoms with E-state index in [1.807, 2.05) is 20.8 Å². The van der Waals surface area contributed by atoms with E-state index in [0.29, 0.717) is 17.8 Å². The van der Waals surface area contributed by atoms with Gasteiger partial charge in [0.25, 0.3) is 0 Å². The standard InChI is InChI=1S/C18H24F2N2O/c1-5-8-15(11-14-9-7-10-16(19)17(14)20)22-21-13(4)18(23)12(3)6-2/h7,9-10,12H,5-6,8,11H2,1-4H3/b21-13+,22-15+. The van der Waals surface area contributed by atoms with Crippen LogP contribution in [-0.2, 0) is 11.2 Å². The third-order valence-electron chi connectivity index (χ3n) is 3.72. The quantitative estimate of drug-likeness (QED) is 0.503. The minimum Gasteiger partial charge on any atom is -0.292 e. The first-order valence-electron chi connectivity index (χ1n) is 7.97. The summed E-state index contributed by atoms with van der Waals surface area (Å²) in [5.41, 5.74) is 1.22. The van der Waals surface area contributed by atoms with Crippen molar-refractivity contribution in [2.75, 3.05) is 0 Å². The lowest BCUT2D eigenvalue weighted by Crippen LogP contribution is -2.18.